The molecule has 2 rings (SSSR count). The fourth-order valence-electron chi connectivity index (χ4n) is 1.96. The number of nitrogens with zero attached hydrogens (tertiary/aromatic N) is 3. The van der Waals surface area contributed by atoms with Crippen LogP contribution in [0.15, 0.2) is 30.6 Å². The number of carbonyl (C=O) groups excluding carboxylic acids is 1. The Kier molecular flexibility index (Phi) is 4.41. The van der Waals surface area contributed by atoms with Crippen LogP contribution in [0.4, 0.5) is 0 Å². The molecular weight excluding hydrogens is 240 g/mol. The molecule has 1 aromatic carbocycles. The van der Waals surface area contributed by atoms with E-state index in [-0.39, 0.29) is 5.91 Å². The van der Waals surface area contributed by atoms with Crippen molar-refractivity contribution < 1.29 is 4.79 Å². The number of hydrogen-bond donors (Lipinski definition) is 1. The monoisotopic (exact) mass is 258 g/mol. The summed E-state index contributed by atoms with van der Waals surface area (Å²) in [5.41, 5.74) is 7.67. The summed E-state index contributed by atoms with van der Waals surface area (Å²) in [6.45, 7) is 3.92. The number of hydrogen-bond acceptors (Lipinski definition) is 4. The van der Waals surface area contributed by atoms with Crippen LogP contribution in [0.2, 0.25) is 0 Å². The average Bonchev–Trinajstić information content (AvgIpc) is 2.47. The Morgan fingerprint density at radius 3 is 2.68 bits per heavy atom. The van der Waals surface area contributed by atoms with Gasteiger partial charge in [-0.3, -0.25) is 14.8 Å². The van der Waals surface area contributed by atoms with Crippen LogP contribution in [-0.2, 0) is 0 Å². The molecule has 0 fully saturated rings. The van der Waals surface area contributed by atoms with Crippen LogP contribution in [-0.4, -0.2) is 40.4 Å². The summed E-state index contributed by atoms with van der Waals surface area (Å²) >= 11 is 0. The summed E-state index contributed by atoms with van der Waals surface area (Å²) in [6.07, 6.45) is 4.08. The summed E-state index contributed by atoms with van der Waals surface area (Å²) in [5.74, 6) is 0.0171. The van der Waals surface area contributed by atoms with E-state index < -0.39 is 0 Å². The third-order valence-corrected chi connectivity index (χ3v) is 3.02. The Hall–Kier alpha value is -2.01. The van der Waals surface area contributed by atoms with Crippen molar-refractivity contribution in [3.8, 4) is 0 Å². The van der Waals surface area contributed by atoms with Crippen LogP contribution in [0.3, 0.4) is 0 Å². The first-order valence-corrected chi connectivity index (χ1v) is 6.46. The van der Waals surface area contributed by atoms with Gasteiger partial charge in [0.05, 0.1) is 11.0 Å². The summed E-state index contributed by atoms with van der Waals surface area (Å²) in [4.78, 5) is 22.6. The van der Waals surface area contributed by atoms with Crippen molar-refractivity contribution in [3.63, 3.8) is 0 Å². The molecule has 0 atom stereocenters. The van der Waals surface area contributed by atoms with Gasteiger partial charge in [0.1, 0.15) is 0 Å². The van der Waals surface area contributed by atoms with E-state index in [4.69, 9.17) is 5.73 Å². The lowest BCUT2D eigenvalue weighted by atomic mass is 10.1. The zero-order chi connectivity index (χ0) is 13.7. The van der Waals surface area contributed by atoms with Gasteiger partial charge >= 0.3 is 0 Å². The molecule has 1 aromatic heterocycles. The quantitative estimate of drug-likeness (QED) is 0.880. The third-order valence-electron chi connectivity index (χ3n) is 3.02. The summed E-state index contributed by atoms with van der Waals surface area (Å²) in [5, 5.41) is 0. The van der Waals surface area contributed by atoms with Gasteiger partial charge in [-0.1, -0.05) is 0 Å². The van der Waals surface area contributed by atoms with E-state index in [1.165, 1.54) is 0 Å². The largest absolute Gasteiger partial charge is 0.339 e. The lowest BCUT2D eigenvalue weighted by molar-refractivity contribution is 0.0764. The Morgan fingerprint density at radius 2 is 2.00 bits per heavy atom. The summed E-state index contributed by atoms with van der Waals surface area (Å²) in [6, 6.07) is 5.41. The Labute approximate surface area is 112 Å². The molecule has 2 N–H and O–H groups in total. The zero-order valence-electron chi connectivity index (χ0n) is 11.0. The second kappa shape index (κ2) is 6.24. The molecule has 0 bridgehead atoms. The summed E-state index contributed by atoms with van der Waals surface area (Å²) in [7, 11) is 0. The van der Waals surface area contributed by atoms with Gasteiger partial charge in [0.25, 0.3) is 5.91 Å². The molecule has 0 saturated carbocycles. The molecule has 0 spiro atoms. The van der Waals surface area contributed by atoms with Gasteiger partial charge in [0.2, 0.25) is 0 Å². The summed E-state index contributed by atoms with van der Waals surface area (Å²) < 4.78 is 0. The van der Waals surface area contributed by atoms with Crippen LogP contribution < -0.4 is 5.73 Å². The predicted octanol–water partition coefficient (Wildman–Crippen LogP) is 1.44. The minimum Gasteiger partial charge on any atom is -0.339 e. The first-order chi connectivity index (χ1) is 9.26. The number of benzene rings is 1. The highest BCUT2D eigenvalue weighted by atomic mass is 16.2. The van der Waals surface area contributed by atoms with E-state index in [0.717, 1.165) is 17.5 Å². The smallest absolute Gasteiger partial charge is 0.253 e. The minimum absolute atomic E-state index is 0.0171. The maximum absolute atomic E-state index is 12.4. The highest BCUT2D eigenvalue weighted by Crippen LogP contribution is 2.13. The molecule has 2 aromatic rings. The third kappa shape index (κ3) is 3.06. The fourth-order valence-corrected chi connectivity index (χ4v) is 1.96. The Balaban J connectivity index is 2.24. The molecule has 0 aliphatic rings. The Bertz CT molecular complexity index is 570. The van der Waals surface area contributed by atoms with Crippen molar-refractivity contribution in [2.75, 3.05) is 19.6 Å². The second-order valence-corrected chi connectivity index (χ2v) is 4.29. The number of rotatable bonds is 5. The lowest BCUT2D eigenvalue weighted by Gasteiger charge is -2.20. The molecule has 0 aliphatic carbocycles. The van der Waals surface area contributed by atoms with E-state index in [0.29, 0.717) is 25.2 Å². The van der Waals surface area contributed by atoms with Crippen LogP contribution in [0.5, 0.6) is 0 Å². The maximum Gasteiger partial charge on any atom is 0.253 e. The number of amides is 1. The average molecular weight is 258 g/mol. The van der Waals surface area contributed by atoms with Crippen molar-refractivity contribution in [2.45, 2.75) is 13.3 Å². The molecule has 1 heterocycles. The van der Waals surface area contributed by atoms with Gasteiger partial charge in [-0.05, 0) is 38.1 Å². The molecule has 0 saturated heterocycles. The van der Waals surface area contributed by atoms with Crippen molar-refractivity contribution in [2.24, 2.45) is 5.73 Å². The van der Waals surface area contributed by atoms with E-state index in [2.05, 4.69) is 9.97 Å². The maximum atomic E-state index is 12.4. The molecule has 5 nitrogen and oxygen atoms in total. The van der Waals surface area contributed by atoms with Crippen LogP contribution >= 0.6 is 0 Å². The predicted molar refractivity (Wildman–Crippen MR) is 74.8 cm³/mol. The standard InChI is InChI=1S/C14H18N4O/c1-2-18(9-3-6-15)14(19)11-4-5-12-13(10-11)17-8-7-16-12/h4-5,7-8,10H,2-3,6,9,15H2,1H3. The van der Waals surface area contributed by atoms with E-state index >= 15 is 0 Å². The topological polar surface area (TPSA) is 72.1 Å². The Morgan fingerprint density at radius 1 is 1.26 bits per heavy atom. The van der Waals surface area contributed by atoms with Gasteiger partial charge in [-0.15, -0.1) is 0 Å². The first kappa shape index (κ1) is 13.4. The van der Waals surface area contributed by atoms with Gasteiger partial charge in [0, 0.05) is 31.0 Å². The highest BCUT2D eigenvalue weighted by molar-refractivity contribution is 5.97. The van der Waals surface area contributed by atoms with Crippen molar-refractivity contribution in [1.29, 1.82) is 0 Å². The molecular formula is C14H18N4O. The van der Waals surface area contributed by atoms with Crippen LogP contribution in [0.1, 0.15) is 23.7 Å². The molecule has 0 unspecified atom stereocenters. The molecule has 0 aliphatic heterocycles. The van der Waals surface area contributed by atoms with Crippen molar-refractivity contribution >= 4 is 16.9 Å². The number of aromatic nitrogens is 2. The van der Waals surface area contributed by atoms with Crippen molar-refractivity contribution in [3.05, 3.63) is 36.2 Å². The van der Waals surface area contributed by atoms with Crippen LogP contribution in [0, 0.1) is 0 Å². The molecule has 5 heteroatoms. The van der Waals surface area contributed by atoms with Gasteiger partial charge in [-0.2, -0.15) is 0 Å². The number of fused-ring (bicyclic) bond motifs is 1. The SMILES string of the molecule is CCN(CCCN)C(=O)c1ccc2nccnc2c1. The van der Waals surface area contributed by atoms with Gasteiger partial charge < -0.3 is 10.6 Å². The van der Waals surface area contributed by atoms with E-state index in [1.807, 2.05) is 13.0 Å². The first-order valence-electron chi connectivity index (χ1n) is 6.46. The van der Waals surface area contributed by atoms with E-state index in [9.17, 15) is 4.79 Å². The van der Waals surface area contributed by atoms with Gasteiger partial charge in [0.15, 0.2) is 0 Å². The zero-order valence-corrected chi connectivity index (χ0v) is 11.0. The molecule has 19 heavy (non-hydrogen) atoms. The normalized spacial score (nSPS) is 10.6. The van der Waals surface area contributed by atoms with Gasteiger partial charge in [-0.25, -0.2) is 0 Å². The molecule has 1 amide bonds. The highest BCUT2D eigenvalue weighted by Gasteiger charge is 2.14. The minimum atomic E-state index is 0.0171. The van der Waals surface area contributed by atoms with Crippen molar-refractivity contribution in [1.82, 2.24) is 14.9 Å². The lowest BCUT2D eigenvalue weighted by Crippen LogP contribution is -2.32. The second-order valence-electron chi connectivity index (χ2n) is 4.29. The van der Waals surface area contributed by atoms with Crippen LogP contribution in [0.25, 0.3) is 11.0 Å². The van der Waals surface area contributed by atoms with E-state index in [1.54, 1.807) is 29.4 Å². The molecule has 0 radical (unpaired) electrons. The molecule has 100 valence electrons. The number of carbonyl (C=O) groups is 1. The fraction of sp³-hybridized carbons (Fsp3) is 0.357. The number of nitrogens with two attached hydrogens (primary N) is 1.